The van der Waals surface area contributed by atoms with Crippen LogP contribution in [0.1, 0.15) is 22.0 Å². The number of carbonyl (C=O) groups excluding carboxylic acids is 1. The quantitative estimate of drug-likeness (QED) is 0.882. The maximum Gasteiger partial charge on any atom is 0.255 e. The van der Waals surface area contributed by atoms with Gasteiger partial charge in [-0.25, -0.2) is 4.39 Å². The SMILES string of the molecule is COC(CNC(=O)c1c(F)cccc1Cl)c1ccccc1Cl. The zero-order chi connectivity index (χ0) is 16.1. The van der Waals surface area contributed by atoms with E-state index in [0.29, 0.717) is 5.02 Å². The smallest absolute Gasteiger partial charge is 0.255 e. The summed E-state index contributed by atoms with van der Waals surface area (Å²) in [5.41, 5.74) is 0.560. The summed E-state index contributed by atoms with van der Waals surface area (Å²) < 4.78 is 19.0. The Kier molecular flexibility index (Phi) is 5.77. The fourth-order valence-electron chi connectivity index (χ4n) is 2.04. The molecular formula is C16H14Cl2FNO2. The van der Waals surface area contributed by atoms with E-state index in [-0.39, 0.29) is 17.1 Å². The Hall–Kier alpha value is -1.62. The van der Waals surface area contributed by atoms with Crippen molar-refractivity contribution in [2.75, 3.05) is 13.7 Å². The van der Waals surface area contributed by atoms with Crippen molar-refractivity contribution in [1.29, 1.82) is 0 Å². The molecule has 1 unspecified atom stereocenters. The van der Waals surface area contributed by atoms with Crippen LogP contribution in [0.25, 0.3) is 0 Å². The Morgan fingerprint density at radius 3 is 2.50 bits per heavy atom. The van der Waals surface area contributed by atoms with Gasteiger partial charge >= 0.3 is 0 Å². The molecule has 0 bridgehead atoms. The van der Waals surface area contributed by atoms with Crippen LogP contribution in [-0.2, 0) is 4.74 Å². The zero-order valence-electron chi connectivity index (χ0n) is 11.8. The van der Waals surface area contributed by atoms with Crippen LogP contribution < -0.4 is 5.32 Å². The molecule has 0 aliphatic rings. The second-order valence-corrected chi connectivity index (χ2v) is 5.37. The van der Waals surface area contributed by atoms with Crippen LogP contribution in [0.5, 0.6) is 0 Å². The number of rotatable bonds is 5. The van der Waals surface area contributed by atoms with Gasteiger partial charge in [0.05, 0.1) is 10.6 Å². The normalized spacial score (nSPS) is 12.0. The van der Waals surface area contributed by atoms with Crippen molar-refractivity contribution >= 4 is 29.1 Å². The van der Waals surface area contributed by atoms with E-state index in [1.807, 2.05) is 6.07 Å². The van der Waals surface area contributed by atoms with Crippen LogP contribution >= 0.6 is 23.2 Å². The van der Waals surface area contributed by atoms with Gasteiger partial charge in [0.15, 0.2) is 0 Å². The highest BCUT2D eigenvalue weighted by atomic mass is 35.5. The molecule has 22 heavy (non-hydrogen) atoms. The van der Waals surface area contributed by atoms with Gasteiger partial charge in [0.25, 0.3) is 5.91 Å². The van der Waals surface area contributed by atoms with E-state index in [1.165, 1.54) is 25.3 Å². The Labute approximate surface area is 138 Å². The molecule has 0 saturated carbocycles. The van der Waals surface area contributed by atoms with Gasteiger partial charge in [0.2, 0.25) is 0 Å². The molecule has 0 heterocycles. The molecule has 1 amide bonds. The van der Waals surface area contributed by atoms with Crippen molar-refractivity contribution in [1.82, 2.24) is 5.32 Å². The Morgan fingerprint density at radius 1 is 1.18 bits per heavy atom. The van der Waals surface area contributed by atoms with Crippen molar-refractivity contribution < 1.29 is 13.9 Å². The first-order valence-electron chi connectivity index (χ1n) is 6.54. The van der Waals surface area contributed by atoms with Gasteiger partial charge < -0.3 is 10.1 Å². The van der Waals surface area contributed by atoms with Crippen molar-refractivity contribution in [2.45, 2.75) is 6.10 Å². The number of carbonyl (C=O) groups is 1. The Bertz CT molecular complexity index is 659. The van der Waals surface area contributed by atoms with Gasteiger partial charge in [-0.3, -0.25) is 4.79 Å². The van der Waals surface area contributed by atoms with Crippen LogP contribution in [0.15, 0.2) is 42.5 Å². The molecule has 1 atom stereocenters. The average molecular weight is 342 g/mol. The minimum atomic E-state index is -0.670. The number of hydrogen-bond donors (Lipinski definition) is 1. The molecule has 0 aliphatic heterocycles. The summed E-state index contributed by atoms with van der Waals surface area (Å²) in [7, 11) is 1.51. The number of hydrogen-bond acceptors (Lipinski definition) is 2. The van der Waals surface area contributed by atoms with Crippen molar-refractivity contribution in [3.05, 3.63) is 69.5 Å². The summed E-state index contributed by atoms with van der Waals surface area (Å²) in [6, 6.07) is 11.2. The van der Waals surface area contributed by atoms with Crippen LogP contribution in [-0.4, -0.2) is 19.6 Å². The van der Waals surface area contributed by atoms with Crippen LogP contribution in [0.2, 0.25) is 10.0 Å². The molecule has 1 N–H and O–H groups in total. The average Bonchev–Trinajstić information content (AvgIpc) is 2.49. The third-order valence-electron chi connectivity index (χ3n) is 3.17. The van der Waals surface area contributed by atoms with Gasteiger partial charge in [-0.15, -0.1) is 0 Å². The first-order valence-corrected chi connectivity index (χ1v) is 7.29. The molecule has 6 heteroatoms. The molecule has 0 aromatic heterocycles. The summed E-state index contributed by atoms with van der Waals surface area (Å²) in [5, 5.41) is 3.20. The van der Waals surface area contributed by atoms with Gasteiger partial charge in [0.1, 0.15) is 11.9 Å². The summed E-state index contributed by atoms with van der Waals surface area (Å²) >= 11 is 12.0. The topological polar surface area (TPSA) is 38.3 Å². The maximum atomic E-state index is 13.7. The maximum absolute atomic E-state index is 13.7. The minimum Gasteiger partial charge on any atom is -0.375 e. The second-order valence-electron chi connectivity index (χ2n) is 4.55. The number of nitrogens with one attached hydrogen (secondary N) is 1. The van der Waals surface area contributed by atoms with E-state index in [1.54, 1.807) is 18.2 Å². The lowest BCUT2D eigenvalue weighted by molar-refractivity contribution is 0.0825. The fraction of sp³-hybridized carbons (Fsp3) is 0.188. The van der Waals surface area contributed by atoms with Gasteiger partial charge in [-0.2, -0.15) is 0 Å². The van der Waals surface area contributed by atoms with Crippen molar-refractivity contribution in [3.63, 3.8) is 0 Å². The number of amides is 1. The minimum absolute atomic E-state index is 0.0595. The lowest BCUT2D eigenvalue weighted by Crippen LogP contribution is -2.30. The van der Waals surface area contributed by atoms with E-state index in [2.05, 4.69) is 5.32 Å². The number of ether oxygens (including phenoxy) is 1. The number of methoxy groups -OCH3 is 1. The van der Waals surface area contributed by atoms with Crippen molar-refractivity contribution in [2.24, 2.45) is 0 Å². The Balaban J connectivity index is 2.11. The molecule has 2 rings (SSSR count). The third-order valence-corrected chi connectivity index (χ3v) is 3.83. The molecule has 0 spiro atoms. The predicted octanol–water partition coefficient (Wildman–Crippen LogP) is 4.25. The van der Waals surface area contributed by atoms with E-state index in [9.17, 15) is 9.18 Å². The summed E-state index contributed by atoms with van der Waals surface area (Å²) in [4.78, 5) is 12.1. The first kappa shape index (κ1) is 16.7. The molecule has 0 saturated heterocycles. The molecule has 0 aliphatic carbocycles. The highest BCUT2D eigenvalue weighted by Gasteiger charge is 2.19. The van der Waals surface area contributed by atoms with Gasteiger partial charge in [-0.1, -0.05) is 47.5 Å². The monoisotopic (exact) mass is 341 g/mol. The van der Waals surface area contributed by atoms with Crippen molar-refractivity contribution in [3.8, 4) is 0 Å². The molecule has 0 fully saturated rings. The summed E-state index contributed by atoms with van der Waals surface area (Å²) in [5.74, 6) is -1.27. The lowest BCUT2D eigenvalue weighted by atomic mass is 10.1. The number of benzene rings is 2. The first-order chi connectivity index (χ1) is 10.5. The lowest BCUT2D eigenvalue weighted by Gasteiger charge is -2.18. The fourth-order valence-corrected chi connectivity index (χ4v) is 2.55. The standard InChI is InChI=1S/C16H14Cl2FNO2/c1-22-14(10-5-2-3-6-11(10)17)9-20-16(21)15-12(18)7-4-8-13(15)19/h2-8,14H,9H2,1H3,(H,20,21). The highest BCUT2D eigenvalue weighted by molar-refractivity contribution is 6.33. The Morgan fingerprint density at radius 2 is 1.86 bits per heavy atom. The van der Waals surface area contributed by atoms with E-state index < -0.39 is 17.8 Å². The molecular weight excluding hydrogens is 328 g/mol. The van der Waals surface area contributed by atoms with Crippen LogP contribution in [0.3, 0.4) is 0 Å². The summed E-state index contributed by atoms with van der Waals surface area (Å²) in [6.07, 6.45) is -0.441. The van der Waals surface area contributed by atoms with E-state index in [4.69, 9.17) is 27.9 Å². The molecule has 0 radical (unpaired) electrons. The number of halogens is 3. The van der Waals surface area contributed by atoms with E-state index in [0.717, 1.165) is 5.56 Å². The van der Waals surface area contributed by atoms with Crippen LogP contribution in [0.4, 0.5) is 4.39 Å². The molecule has 2 aromatic carbocycles. The molecule has 2 aromatic rings. The van der Waals surface area contributed by atoms with Gasteiger partial charge in [0, 0.05) is 24.2 Å². The molecule has 116 valence electrons. The zero-order valence-corrected chi connectivity index (χ0v) is 13.3. The largest absolute Gasteiger partial charge is 0.375 e. The predicted molar refractivity (Wildman–Crippen MR) is 84.9 cm³/mol. The third kappa shape index (κ3) is 3.77. The van der Waals surface area contributed by atoms with E-state index >= 15 is 0 Å². The molecule has 3 nitrogen and oxygen atoms in total. The van der Waals surface area contributed by atoms with Crippen LogP contribution in [0, 0.1) is 5.82 Å². The van der Waals surface area contributed by atoms with Gasteiger partial charge in [-0.05, 0) is 18.2 Å². The highest BCUT2D eigenvalue weighted by Crippen LogP contribution is 2.25. The second kappa shape index (κ2) is 7.58. The summed E-state index contributed by atoms with van der Waals surface area (Å²) in [6.45, 7) is 0.143.